The van der Waals surface area contributed by atoms with Gasteiger partial charge in [0.05, 0.1) is 5.57 Å². The van der Waals surface area contributed by atoms with Crippen LogP contribution in [-0.4, -0.2) is 17.3 Å². The van der Waals surface area contributed by atoms with Crippen molar-refractivity contribution in [3.8, 4) is 5.75 Å². The molecule has 0 aliphatic heterocycles. The van der Waals surface area contributed by atoms with Gasteiger partial charge in [0.25, 0.3) is 0 Å². The van der Waals surface area contributed by atoms with Crippen LogP contribution in [-0.2, 0) is 9.59 Å². The third-order valence-corrected chi connectivity index (χ3v) is 3.03. The SMILES string of the molecule is CC(=O)C1=C(C)C(=O)C(C)=CC1=NOc1ccccc1. The summed E-state index contributed by atoms with van der Waals surface area (Å²) >= 11 is 0. The Morgan fingerprint density at radius 1 is 1.15 bits per heavy atom. The van der Waals surface area contributed by atoms with Crippen molar-refractivity contribution in [2.75, 3.05) is 0 Å². The molecule has 0 fully saturated rings. The Hall–Kier alpha value is -2.49. The summed E-state index contributed by atoms with van der Waals surface area (Å²) in [4.78, 5) is 28.9. The number of Topliss-reactive ketones (excluding diaryl/α,β-unsaturated/α-hetero) is 2. The highest BCUT2D eigenvalue weighted by Crippen LogP contribution is 2.21. The highest BCUT2D eigenvalue weighted by atomic mass is 16.6. The predicted molar refractivity (Wildman–Crippen MR) is 76.7 cm³/mol. The topological polar surface area (TPSA) is 55.7 Å². The first kappa shape index (κ1) is 13.9. The predicted octanol–water partition coefficient (Wildman–Crippen LogP) is 2.86. The molecule has 0 atom stereocenters. The highest BCUT2D eigenvalue weighted by molar-refractivity contribution is 6.34. The van der Waals surface area contributed by atoms with Gasteiger partial charge in [0.2, 0.25) is 0 Å². The summed E-state index contributed by atoms with van der Waals surface area (Å²) in [6.07, 6.45) is 1.58. The van der Waals surface area contributed by atoms with E-state index in [0.29, 0.717) is 28.2 Å². The summed E-state index contributed by atoms with van der Waals surface area (Å²) in [6, 6.07) is 9.05. The fraction of sp³-hybridized carbons (Fsp3) is 0.188. The van der Waals surface area contributed by atoms with E-state index in [2.05, 4.69) is 5.16 Å². The van der Waals surface area contributed by atoms with Crippen molar-refractivity contribution in [1.82, 2.24) is 0 Å². The number of oxime groups is 1. The summed E-state index contributed by atoms with van der Waals surface area (Å²) < 4.78 is 0. The van der Waals surface area contributed by atoms with Crippen LogP contribution in [0, 0.1) is 0 Å². The molecule has 0 bridgehead atoms. The molecule has 0 unspecified atom stereocenters. The average molecular weight is 269 g/mol. The number of allylic oxidation sites excluding steroid dienone is 4. The lowest BCUT2D eigenvalue weighted by Crippen LogP contribution is -2.21. The van der Waals surface area contributed by atoms with Gasteiger partial charge >= 0.3 is 0 Å². The van der Waals surface area contributed by atoms with Gasteiger partial charge < -0.3 is 4.84 Å². The molecule has 1 aromatic carbocycles. The van der Waals surface area contributed by atoms with Gasteiger partial charge in [-0.25, -0.2) is 0 Å². The van der Waals surface area contributed by atoms with E-state index in [4.69, 9.17) is 4.84 Å². The van der Waals surface area contributed by atoms with E-state index < -0.39 is 0 Å². The van der Waals surface area contributed by atoms with E-state index in [0.717, 1.165) is 0 Å². The molecule has 2 rings (SSSR count). The molecule has 4 heteroatoms. The first-order valence-electron chi connectivity index (χ1n) is 6.26. The number of rotatable bonds is 3. The Morgan fingerprint density at radius 2 is 1.80 bits per heavy atom. The summed E-state index contributed by atoms with van der Waals surface area (Å²) in [5, 5.41) is 4.00. The van der Waals surface area contributed by atoms with Crippen LogP contribution in [0.1, 0.15) is 20.8 Å². The molecule has 1 aliphatic carbocycles. The van der Waals surface area contributed by atoms with Crippen LogP contribution in [0.15, 0.2) is 58.3 Å². The number of carbonyl (C=O) groups is 2. The zero-order chi connectivity index (χ0) is 14.7. The summed E-state index contributed by atoms with van der Waals surface area (Å²) in [6.45, 7) is 4.74. The van der Waals surface area contributed by atoms with Crippen LogP contribution in [0.2, 0.25) is 0 Å². The number of hydrogen-bond acceptors (Lipinski definition) is 4. The first-order chi connectivity index (χ1) is 9.50. The number of carbonyl (C=O) groups excluding carboxylic acids is 2. The molecule has 1 aromatic rings. The van der Waals surface area contributed by atoms with Gasteiger partial charge in [-0.05, 0) is 44.6 Å². The van der Waals surface area contributed by atoms with Crippen molar-refractivity contribution in [3.63, 3.8) is 0 Å². The number of para-hydroxylation sites is 1. The van der Waals surface area contributed by atoms with Gasteiger partial charge in [-0.15, -0.1) is 0 Å². The zero-order valence-electron chi connectivity index (χ0n) is 11.6. The smallest absolute Gasteiger partial charge is 0.185 e. The Kier molecular flexibility index (Phi) is 3.94. The molecule has 0 saturated heterocycles. The minimum atomic E-state index is -0.199. The molecular weight excluding hydrogens is 254 g/mol. The van der Waals surface area contributed by atoms with Gasteiger partial charge in [0, 0.05) is 5.57 Å². The monoisotopic (exact) mass is 269 g/mol. The molecule has 102 valence electrons. The van der Waals surface area contributed by atoms with E-state index >= 15 is 0 Å². The van der Waals surface area contributed by atoms with Gasteiger partial charge in [-0.3, -0.25) is 9.59 Å². The molecule has 4 nitrogen and oxygen atoms in total. The maximum absolute atomic E-state index is 11.9. The number of hydrogen-bond donors (Lipinski definition) is 0. The second kappa shape index (κ2) is 5.65. The van der Waals surface area contributed by atoms with Crippen molar-refractivity contribution < 1.29 is 14.4 Å². The van der Waals surface area contributed by atoms with Gasteiger partial charge in [-0.1, -0.05) is 23.4 Å². The largest absolute Gasteiger partial charge is 0.356 e. The van der Waals surface area contributed by atoms with Gasteiger partial charge in [0.15, 0.2) is 17.3 Å². The van der Waals surface area contributed by atoms with E-state index in [1.54, 1.807) is 32.1 Å². The normalized spacial score (nSPS) is 17.2. The minimum Gasteiger partial charge on any atom is -0.356 e. The molecule has 0 saturated carbocycles. The van der Waals surface area contributed by atoms with Crippen LogP contribution >= 0.6 is 0 Å². The first-order valence-corrected chi connectivity index (χ1v) is 6.26. The quantitative estimate of drug-likeness (QED) is 0.626. The van der Waals surface area contributed by atoms with Crippen molar-refractivity contribution in [2.45, 2.75) is 20.8 Å². The van der Waals surface area contributed by atoms with Crippen molar-refractivity contribution in [3.05, 3.63) is 53.1 Å². The molecule has 20 heavy (non-hydrogen) atoms. The second-order valence-corrected chi connectivity index (χ2v) is 4.59. The molecule has 0 N–H and O–H groups in total. The Bertz CT molecular complexity index is 652. The van der Waals surface area contributed by atoms with Crippen LogP contribution in [0.4, 0.5) is 0 Å². The molecule has 0 amide bonds. The zero-order valence-corrected chi connectivity index (χ0v) is 11.6. The standard InChI is InChI=1S/C16H15NO3/c1-10-9-14(15(12(3)18)11(2)16(10)19)17-20-13-7-5-4-6-8-13/h4-9H,1-3H3. The summed E-state index contributed by atoms with van der Waals surface area (Å²) in [5.41, 5.74) is 1.66. The van der Waals surface area contributed by atoms with Gasteiger partial charge in [-0.2, -0.15) is 0 Å². The Morgan fingerprint density at radius 3 is 2.40 bits per heavy atom. The Labute approximate surface area is 117 Å². The van der Waals surface area contributed by atoms with Crippen molar-refractivity contribution >= 4 is 17.3 Å². The molecule has 0 aromatic heterocycles. The summed E-state index contributed by atoms with van der Waals surface area (Å²) in [5.74, 6) is 0.243. The van der Waals surface area contributed by atoms with E-state index in [9.17, 15) is 9.59 Å². The van der Waals surface area contributed by atoms with E-state index in [1.807, 2.05) is 18.2 Å². The second-order valence-electron chi connectivity index (χ2n) is 4.59. The lowest BCUT2D eigenvalue weighted by atomic mass is 9.89. The molecule has 1 aliphatic rings. The maximum Gasteiger partial charge on any atom is 0.185 e. The maximum atomic E-state index is 11.9. The van der Waals surface area contributed by atoms with E-state index in [-0.39, 0.29) is 11.6 Å². The summed E-state index contributed by atoms with van der Waals surface area (Å²) in [7, 11) is 0. The number of nitrogens with zero attached hydrogens (tertiary/aromatic N) is 1. The third kappa shape index (κ3) is 2.74. The van der Waals surface area contributed by atoms with Gasteiger partial charge in [0.1, 0.15) is 5.71 Å². The lowest BCUT2D eigenvalue weighted by Gasteiger charge is -2.15. The molecule has 0 heterocycles. The third-order valence-electron chi connectivity index (χ3n) is 3.03. The molecule has 0 spiro atoms. The molecule has 0 radical (unpaired) electrons. The van der Waals surface area contributed by atoms with Crippen molar-refractivity contribution in [1.29, 1.82) is 0 Å². The lowest BCUT2D eigenvalue weighted by molar-refractivity contribution is -0.115. The van der Waals surface area contributed by atoms with Crippen molar-refractivity contribution in [2.24, 2.45) is 5.16 Å². The fourth-order valence-corrected chi connectivity index (χ4v) is 2.04. The van der Waals surface area contributed by atoms with E-state index in [1.165, 1.54) is 6.92 Å². The van der Waals surface area contributed by atoms with Crippen LogP contribution in [0.5, 0.6) is 5.75 Å². The number of ketones is 2. The van der Waals surface area contributed by atoms with Crippen LogP contribution < -0.4 is 4.84 Å². The number of benzene rings is 1. The Balaban J connectivity index is 2.38. The minimum absolute atomic E-state index is 0.131. The molecular formula is C16H15NO3. The fourth-order valence-electron chi connectivity index (χ4n) is 2.04. The van der Waals surface area contributed by atoms with Crippen LogP contribution in [0.25, 0.3) is 0 Å². The highest BCUT2D eigenvalue weighted by Gasteiger charge is 2.25. The van der Waals surface area contributed by atoms with Crippen LogP contribution in [0.3, 0.4) is 0 Å². The average Bonchev–Trinajstić information content (AvgIpc) is 2.43.